The summed E-state index contributed by atoms with van der Waals surface area (Å²) in [5, 5.41) is 11.3. The molecule has 1 N–H and O–H groups in total. The summed E-state index contributed by atoms with van der Waals surface area (Å²) < 4.78 is 207. The van der Waals surface area contributed by atoms with Crippen LogP contribution in [-0.2, 0) is 10.0 Å². The molecule has 0 aliphatic carbocycles. The fraction of sp³-hybridized carbons (Fsp3) is 1.00. The van der Waals surface area contributed by atoms with Gasteiger partial charge in [0.1, 0.15) is 0 Å². The van der Waals surface area contributed by atoms with Crippen LogP contribution in [0.5, 0.6) is 0 Å². The van der Waals surface area contributed by atoms with Crippen LogP contribution in [0, 0.1) is 11.1 Å². The number of nitrogens with one attached hydrogen (secondary N) is 1. The van der Waals surface area contributed by atoms with Crippen LogP contribution in [0.1, 0.15) is 19.3 Å². The predicted molar refractivity (Wildman–Crippen MR) is 91.4 cm³/mol. The molecule has 0 aliphatic rings. The van der Waals surface area contributed by atoms with E-state index in [1.165, 1.54) is 4.72 Å². The average molecular weight is 574 g/mol. The molecular formula is C15H20F14N2O3S. The third-order valence-corrected chi connectivity index (χ3v) is 6.16. The van der Waals surface area contributed by atoms with Gasteiger partial charge in [-0.15, -0.1) is 0 Å². The summed E-state index contributed by atoms with van der Waals surface area (Å²) >= 11 is 0. The Bertz CT molecular complexity index is 768. The van der Waals surface area contributed by atoms with Gasteiger partial charge >= 0.3 is 30.4 Å². The molecule has 0 spiro atoms. The standard InChI is InChI=1S/C15H20F14N2O3S/c1-31(2,32)6-3-5-30-35(33,34)7-4-9(11(17,14(24,25)26)15(27,28)29)8-10(16,12(18,19)20)13(21,22)23/h9,30H,3-8H2,1-2H3. The van der Waals surface area contributed by atoms with Gasteiger partial charge in [0, 0.05) is 25.3 Å². The van der Waals surface area contributed by atoms with Gasteiger partial charge in [0.05, 0.1) is 26.4 Å². The maximum absolute atomic E-state index is 14.4. The molecule has 0 aromatic carbocycles. The van der Waals surface area contributed by atoms with Crippen LogP contribution < -0.4 is 4.72 Å². The lowest BCUT2D eigenvalue weighted by Gasteiger charge is -2.40. The Morgan fingerprint density at radius 2 is 1.17 bits per heavy atom. The monoisotopic (exact) mass is 574 g/mol. The molecule has 0 aliphatic heterocycles. The first-order valence-corrected chi connectivity index (χ1v) is 10.8. The van der Waals surface area contributed by atoms with Crippen molar-refractivity contribution >= 4 is 10.0 Å². The fourth-order valence-corrected chi connectivity index (χ4v) is 4.05. The largest absolute Gasteiger partial charge is 0.633 e. The summed E-state index contributed by atoms with van der Waals surface area (Å²) in [6.45, 7) is -0.920. The van der Waals surface area contributed by atoms with E-state index in [1.807, 2.05) is 0 Å². The van der Waals surface area contributed by atoms with Gasteiger partial charge in [-0.1, -0.05) is 0 Å². The molecule has 0 rings (SSSR count). The van der Waals surface area contributed by atoms with Crippen molar-refractivity contribution in [1.29, 1.82) is 0 Å². The SMILES string of the molecule is C[N+](C)([O-])CCCNS(=O)(=O)CCC(CC(F)(C(F)(F)F)C(F)(F)F)C(F)(C(F)(F)F)C(F)(F)F. The van der Waals surface area contributed by atoms with Crippen LogP contribution in [0.25, 0.3) is 0 Å². The van der Waals surface area contributed by atoms with Crippen LogP contribution in [0.15, 0.2) is 0 Å². The normalized spacial score (nSPS) is 16.5. The molecule has 5 nitrogen and oxygen atoms in total. The van der Waals surface area contributed by atoms with Gasteiger partial charge in [-0.3, -0.25) is 0 Å². The number of alkyl halides is 14. The van der Waals surface area contributed by atoms with Crippen molar-refractivity contribution in [2.45, 2.75) is 55.3 Å². The van der Waals surface area contributed by atoms with E-state index < -0.39 is 81.8 Å². The summed E-state index contributed by atoms with van der Waals surface area (Å²) in [6, 6.07) is 0. The van der Waals surface area contributed by atoms with Crippen molar-refractivity contribution in [3.8, 4) is 0 Å². The quantitative estimate of drug-likeness (QED) is 0.165. The first-order valence-electron chi connectivity index (χ1n) is 9.18. The van der Waals surface area contributed by atoms with Gasteiger partial charge in [0.15, 0.2) is 0 Å². The van der Waals surface area contributed by atoms with Crippen LogP contribution in [-0.4, -0.2) is 82.0 Å². The smallest absolute Gasteiger partial charge is 0.431 e. The highest BCUT2D eigenvalue weighted by Crippen LogP contribution is 2.57. The van der Waals surface area contributed by atoms with Gasteiger partial charge in [0.2, 0.25) is 10.0 Å². The molecule has 0 heterocycles. The Hall–Kier alpha value is -1.15. The van der Waals surface area contributed by atoms with E-state index in [0.29, 0.717) is 0 Å². The molecule has 1 unspecified atom stereocenters. The van der Waals surface area contributed by atoms with Crippen LogP contribution >= 0.6 is 0 Å². The second kappa shape index (κ2) is 10.3. The highest BCUT2D eigenvalue weighted by atomic mass is 32.2. The molecule has 35 heavy (non-hydrogen) atoms. The summed E-state index contributed by atoms with van der Waals surface area (Å²) in [4.78, 5) is 0. The van der Waals surface area contributed by atoms with E-state index in [-0.39, 0.29) is 13.0 Å². The molecule has 0 radical (unpaired) electrons. The number of hydrogen-bond acceptors (Lipinski definition) is 3. The van der Waals surface area contributed by atoms with Gasteiger partial charge in [-0.2, -0.15) is 52.7 Å². The van der Waals surface area contributed by atoms with Crippen molar-refractivity contribution in [1.82, 2.24) is 4.72 Å². The highest BCUT2D eigenvalue weighted by molar-refractivity contribution is 7.89. The maximum atomic E-state index is 14.4. The molecule has 212 valence electrons. The van der Waals surface area contributed by atoms with Crippen LogP contribution in [0.4, 0.5) is 61.5 Å². The lowest BCUT2D eigenvalue weighted by molar-refractivity contribution is -0.840. The Balaban J connectivity index is 6.28. The molecule has 0 amide bonds. The molecule has 0 saturated carbocycles. The number of hydroxylamine groups is 3. The summed E-state index contributed by atoms with van der Waals surface area (Å²) in [7, 11) is -2.80. The third-order valence-electron chi connectivity index (χ3n) is 4.74. The van der Waals surface area contributed by atoms with E-state index in [1.54, 1.807) is 0 Å². The van der Waals surface area contributed by atoms with Crippen molar-refractivity contribution in [2.24, 2.45) is 5.92 Å². The van der Waals surface area contributed by atoms with E-state index in [0.717, 1.165) is 14.1 Å². The maximum Gasteiger partial charge on any atom is 0.431 e. The lowest BCUT2D eigenvalue weighted by atomic mass is 9.77. The fourth-order valence-electron chi connectivity index (χ4n) is 2.85. The Kier molecular flexibility index (Phi) is 9.97. The second-order valence-electron chi connectivity index (χ2n) is 8.06. The minimum Gasteiger partial charge on any atom is -0.633 e. The van der Waals surface area contributed by atoms with Gasteiger partial charge < -0.3 is 9.85 Å². The number of rotatable bonds is 11. The topological polar surface area (TPSA) is 69.2 Å². The molecular weight excluding hydrogens is 554 g/mol. The Labute approximate surface area is 189 Å². The van der Waals surface area contributed by atoms with Gasteiger partial charge in [-0.25, -0.2) is 21.9 Å². The van der Waals surface area contributed by atoms with Crippen molar-refractivity contribution in [3.63, 3.8) is 0 Å². The summed E-state index contributed by atoms with van der Waals surface area (Å²) in [5.74, 6) is -6.55. The zero-order valence-electron chi connectivity index (χ0n) is 17.7. The predicted octanol–water partition coefficient (Wildman–Crippen LogP) is 4.93. The number of nitrogens with zero attached hydrogens (tertiary/aromatic N) is 1. The van der Waals surface area contributed by atoms with Gasteiger partial charge in [0.25, 0.3) is 5.67 Å². The molecule has 0 aromatic heterocycles. The second-order valence-corrected chi connectivity index (χ2v) is 9.98. The zero-order chi connectivity index (χ0) is 28.5. The number of halogens is 14. The molecule has 0 aromatic rings. The minimum atomic E-state index is -7.21. The summed E-state index contributed by atoms with van der Waals surface area (Å²) in [5.41, 5.74) is -13.6. The van der Waals surface area contributed by atoms with E-state index in [2.05, 4.69) is 0 Å². The number of quaternary nitrogens is 1. The number of sulfonamides is 1. The Morgan fingerprint density at radius 3 is 1.49 bits per heavy atom. The lowest BCUT2D eigenvalue weighted by Crippen LogP contribution is -2.62. The van der Waals surface area contributed by atoms with Crippen molar-refractivity contribution in [2.75, 3.05) is 32.9 Å². The average Bonchev–Trinajstić information content (AvgIpc) is 2.56. The van der Waals surface area contributed by atoms with E-state index in [4.69, 9.17) is 0 Å². The van der Waals surface area contributed by atoms with E-state index >= 15 is 0 Å². The molecule has 0 fully saturated rings. The summed E-state index contributed by atoms with van der Waals surface area (Å²) in [6.07, 6.45) is -35.2. The first-order chi connectivity index (χ1) is 15.0. The van der Waals surface area contributed by atoms with Gasteiger partial charge in [-0.05, 0) is 6.42 Å². The molecule has 1 atom stereocenters. The van der Waals surface area contributed by atoms with Crippen molar-refractivity contribution < 1.29 is 74.5 Å². The third kappa shape index (κ3) is 8.44. The number of hydrogen-bond donors (Lipinski definition) is 1. The minimum absolute atomic E-state index is 0.257. The highest BCUT2D eigenvalue weighted by Gasteiger charge is 2.80. The van der Waals surface area contributed by atoms with Crippen molar-refractivity contribution in [3.05, 3.63) is 5.21 Å². The van der Waals surface area contributed by atoms with Crippen LogP contribution in [0.3, 0.4) is 0 Å². The Morgan fingerprint density at radius 1 is 0.771 bits per heavy atom. The van der Waals surface area contributed by atoms with E-state index in [9.17, 15) is 75.1 Å². The van der Waals surface area contributed by atoms with Crippen LogP contribution in [0.2, 0.25) is 0 Å². The zero-order valence-corrected chi connectivity index (χ0v) is 18.5. The molecule has 0 bridgehead atoms. The molecule has 0 saturated heterocycles. The molecule has 20 heteroatoms. The first kappa shape index (κ1) is 33.8.